The molecule has 0 aliphatic heterocycles. The summed E-state index contributed by atoms with van der Waals surface area (Å²) < 4.78 is 6.67. The van der Waals surface area contributed by atoms with Gasteiger partial charge in [-0.1, -0.05) is 13.8 Å². The Labute approximate surface area is 113 Å². The van der Waals surface area contributed by atoms with Crippen molar-refractivity contribution in [3.8, 4) is 0 Å². The largest absolute Gasteiger partial charge is 0.395 e. The summed E-state index contributed by atoms with van der Waals surface area (Å²) >= 11 is 0. The molecule has 0 radical (unpaired) electrons. The second kappa shape index (κ2) is 7.91. The van der Waals surface area contributed by atoms with Crippen LogP contribution in [0.1, 0.15) is 13.8 Å². The van der Waals surface area contributed by atoms with Crippen molar-refractivity contribution >= 4 is 5.82 Å². The predicted octanol–water partition coefficient (Wildman–Crippen LogP) is 0.344. The van der Waals surface area contributed by atoms with Crippen molar-refractivity contribution in [1.29, 1.82) is 0 Å². The van der Waals surface area contributed by atoms with Crippen LogP contribution in [-0.4, -0.2) is 48.1 Å². The third-order valence-electron chi connectivity index (χ3n) is 2.69. The molecule has 0 unspecified atom stereocenters. The first-order chi connectivity index (χ1) is 9.10. The number of rotatable bonds is 8. The number of anilines is 1. The minimum atomic E-state index is -0.124. The standard InChI is InChI=1S/C13H23N3O3/c1-11(2)10-16-5-4-14-12(13(16)18)15(6-8-17)7-9-19-3/h4-5,11,17H,6-10H2,1-3H3. The Bertz CT molecular complexity index is 431. The lowest BCUT2D eigenvalue weighted by molar-refractivity contribution is 0.202. The highest BCUT2D eigenvalue weighted by molar-refractivity contribution is 5.35. The molecule has 1 rings (SSSR count). The molecule has 0 spiro atoms. The molecule has 0 aliphatic carbocycles. The van der Waals surface area contributed by atoms with Crippen LogP contribution in [0.5, 0.6) is 0 Å². The molecule has 0 saturated heterocycles. The van der Waals surface area contributed by atoms with Crippen LogP contribution >= 0.6 is 0 Å². The Morgan fingerprint density at radius 1 is 1.47 bits per heavy atom. The molecular weight excluding hydrogens is 246 g/mol. The summed E-state index contributed by atoms with van der Waals surface area (Å²) in [5, 5.41) is 9.08. The van der Waals surface area contributed by atoms with Gasteiger partial charge in [-0.3, -0.25) is 4.79 Å². The summed E-state index contributed by atoms with van der Waals surface area (Å²) in [4.78, 5) is 18.2. The van der Waals surface area contributed by atoms with Crippen LogP contribution in [0.4, 0.5) is 5.82 Å². The first-order valence-electron chi connectivity index (χ1n) is 6.50. The second-order valence-electron chi connectivity index (χ2n) is 4.81. The van der Waals surface area contributed by atoms with Crippen molar-refractivity contribution in [2.45, 2.75) is 20.4 Å². The Morgan fingerprint density at radius 3 is 2.79 bits per heavy atom. The van der Waals surface area contributed by atoms with E-state index in [0.29, 0.717) is 38.0 Å². The number of aromatic nitrogens is 2. The van der Waals surface area contributed by atoms with Gasteiger partial charge in [-0.25, -0.2) is 4.98 Å². The number of aliphatic hydroxyl groups excluding tert-OH is 1. The fourth-order valence-electron chi connectivity index (χ4n) is 1.84. The maximum absolute atomic E-state index is 12.3. The molecule has 1 aromatic rings. The highest BCUT2D eigenvalue weighted by Crippen LogP contribution is 2.04. The fourth-order valence-corrected chi connectivity index (χ4v) is 1.84. The normalized spacial score (nSPS) is 11.0. The SMILES string of the molecule is COCCN(CCO)c1nccn(CC(C)C)c1=O. The lowest BCUT2D eigenvalue weighted by Crippen LogP contribution is -2.37. The molecule has 0 saturated carbocycles. The molecule has 6 heteroatoms. The average Bonchev–Trinajstić information content (AvgIpc) is 2.37. The molecule has 1 heterocycles. The first-order valence-corrected chi connectivity index (χ1v) is 6.50. The fraction of sp³-hybridized carbons (Fsp3) is 0.692. The van der Waals surface area contributed by atoms with Gasteiger partial charge in [0.1, 0.15) is 0 Å². The summed E-state index contributed by atoms with van der Waals surface area (Å²) in [6, 6.07) is 0. The van der Waals surface area contributed by atoms with Crippen molar-refractivity contribution in [2.75, 3.05) is 38.3 Å². The van der Waals surface area contributed by atoms with Gasteiger partial charge in [0.05, 0.1) is 13.2 Å². The zero-order chi connectivity index (χ0) is 14.3. The van der Waals surface area contributed by atoms with E-state index in [4.69, 9.17) is 9.84 Å². The van der Waals surface area contributed by atoms with Crippen LogP contribution in [0.25, 0.3) is 0 Å². The van der Waals surface area contributed by atoms with Gasteiger partial charge in [0.25, 0.3) is 5.56 Å². The number of aliphatic hydroxyl groups is 1. The molecule has 1 aromatic heterocycles. The van der Waals surface area contributed by atoms with E-state index in [2.05, 4.69) is 18.8 Å². The van der Waals surface area contributed by atoms with Crippen molar-refractivity contribution < 1.29 is 9.84 Å². The average molecular weight is 269 g/mol. The molecule has 0 amide bonds. The van der Waals surface area contributed by atoms with Crippen molar-refractivity contribution in [1.82, 2.24) is 9.55 Å². The van der Waals surface area contributed by atoms with Gasteiger partial charge in [-0.05, 0) is 5.92 Å². The van der Waals surface area contributed by atoms with Gasteiger partial charge in [0.2, 0.25) is 0 Å². The minimum absolute atomic E-state index is 0.0239. The minimum Gasteiger partial charge on any atom is -0.395 e. The zero-order valence-electron chi connectivity index (χ0n) is 11.9. The monoisotopic (exact) mass is 269 g/mol. The number of hydrogen-bond acceptors (Lipinski definition) is 5. The summed E-state index contributed by atoms with van der Waals surface area (Å²) in [5.41, 5.74) is -0.124. The number of nitrogens with zero attached hydrogens (tertiary/aromatic N) is 3. The summed E-state index contributed by atoms with van der Waals surface area (Å²) in [6.45, 7) is 6.14. The molecule has 0 bridgehead atoms. The van der Waals surface area contributed by atoms with E-state index in [1.807, 2.05) is 0 Å². The molecule has 0 aliphatic rings. The van der Waals surface area contributed by atoms with Gasteiger partial charge in [0, 0.05) is 39.1 Å². The summed E-state index contributed by atoms with van der Waals surface area (Å²) in [7, 11) is 1.60. The Kier molecular flexibility index (Phi) is 6.52. The Hall–Kier alpha value is -1.40. The van der Waals surface area contributed by atoms with Crippen molar-refractivity contribution in [3.63, 3.8) is 0 Å². The number of methoxy groups -OCH3 is 1. The molecule has 0 fully saturated rings. The van der Waals surface area contributed by atoms with E-state index in [1.54, 1.807) is 29.0 Å². The van der Waals surface area contributed by atoms with Gasteiger partial charge in [0.15, 0.2) is 5.82 Å². The van der Waals surface area contributed by atoms with Gasteiger partial charge < -0.3 is 19.3 Å². The first kappa shape index (κ1) is 15.7. The van der Waals surface area contributed by atoms with Crippen LogP contribution in [0.3, 0.4) is 0 Å². The topological polar surface area (TPSA) is 67.6 Å². The van der Waals surface area contributed by atoms with E-state index < -0.39 is 0 Å². The lowest BCUT2D eigenvalue weighted by atomic mass is 10.2. The third-order valence-corrected chi connectivity index (χ3v) is 2.69. The van der Waals surface area contributed by atoms with E-state index in [-0.39, 0.29) is 12.2 Å². The van der Waals surface area contributed by atoms with E-state index in [9.17, 15) is 4.79 Å². The summed E-state index contributed by atoms with van der Waals surface area (Å²) in [5.74, 6) is 0.757. The van der Waals surface area contributed by atoms with Crippen LogP contribution in [0.15, 0.2) is 17.2 Å². The molecular formula is C13H23N3O3. The molecule has 6 nitrogen and oxygen atoms in total. The third kappa shape index (κ3) is 4.65. The Balaban J connectivity index is 2.98. The van der Waals surface area contributed by atoms with E-state index in [1.165, 1.54) is 0 Å². The predicted molar refractivity (Wildman–Crippen MR) is 74.5 cm³/mol. The van der Waals surface area contributed by atoms with E-state index in [0.717, 1.165) is 0 Å². The van der Waals surface area contributed by atoms with Crippen LogP contribution < -0.4 is 10.5 Å². The second-order valence-corrected chi connectivity index (χ2v) is 4.81. The number of hydrogen-bond donors (Lipinski definition) is 1. The van der Waals surface area contributed by atoms with Crippen LogP contribution in [0, 0.1) is 5.92 Å². The molecule has 108 valence electrons. The smallest absolute Gasteiger partial charge is 0.293 e. The van der Waals surface area contributed by atoms with Crippen LogP contribution in [0.2, 0.25) is 0 Å². The quantitative estimate of drug-likeness (QED) is 0.737. The maximum Gasteiger partial charge on any atom is 0.293 e. The molecule has 19 heavy (non-hydrogen) atoms. The van der Waals surface area contributed by atoms with Crippen molar-refractivity contribution in [2.24, 2.45) is 5.92 Å². The Morgan fingerprint density at radius 2 is 2.21 bits per heavy atom. The lowest BCUT2D eigenvalue weighted by Gasteiger charge is -2.22. The van der Waals surface area contributed by atoms with Gasteiger partial charge in [-0.2, -0.15) is 0 Å². The highest BCUT2D eigenvalue weighted by atomic mass is 16.5. The van der Waals surface area contributed by atoms with Crippen LogP contribution in [-0.2, 0) is 11.3 Å². The molecule has 0 atom stereocenters. The van der Waals surface area contributed by atoms with Gasteiger partial charge >= 0.3 is 0 Å². The maximum atomic E-state index is 12.3. The van der Waals surface area contributed by atoms with Gasteiger partial charge in [-0.15, -0.1) is 0 Å². The number of ether oxygens (including phenoxy) is 1. The molecule has 1 N–H and O–H groups in total. The van der Waals surface area contributed by atoms with E-state index >= 15 is 0 Å². The molecule has 0 aromatic carbocycles. The highest BCUT2D eigenvalue weighted by Gasteiger charge is 2.13. The zero-order valence-corrected chi connectivity index (χ0v) is 11.9. The summed E-state index contributed by atoms with van der Waals surface area (Å²) in [6.07, 6.45) is 3.32. The van der Waals surface area contributed by atoms with Crippen molar-refractivity contribution in [3.05, 3.63) is 22.7 Å².